The molecule has 0 spiro atoms. The van der Waals surface area contributed by atoms with Gasteiger partial charge in [0, 0.05) is 7.05 Å². The Morgan fingerprint density at radius 2 is 2.10 bits per heavy atom. The zero-order chi connectivity index (χ0) is 14.5. The number of nitrogens with one attached hydrogen (secondary N) is 2. The molecule has 2 rings (SSSR count). The minimum atomic E-state index is -0.424. The molecule has 0 unspecified atom stereocenters. The first-order valence-corrected chi connectivity index (χ1v) is 6.04. The molecular weight excluding hydrogens is 278 g/mol. The minimum Gasteiger partial charge on any atom is -0.372 e. The van der Waals surface area contributed by atoms with Gasteiger partial charge in [-0.05, 0) is 30.3 Å². The Kier molecular flexibility index (Phi) is 4.13. The molecular formula is C13H10ClN5O. The molecule has 0 radical (unpaired) electrons. The van der Waals surface area contributed by atoms with E-state index in [1.165, 1.54) is 6.07 Å². The molecule has 1 aromatic carbocycles. The topological polar surface area (TPSA) is 90.7 Å². The Hall–Kier alpha value is -2.65. The summed E-state index contributed by atoms with van der Waals surface area (Å²) >= 11 is 5.98. The SMILES string of the molecule is CNc1ccc(C(=O)Nc2ccc(C#N)cc2Cl)nn1. The first kappa shape index (κ1) is 13.8. The summed E-state index contributed by atoms with van der Waals surface area (Å²) in [5.74, 6) is 0.143. The number of benzene rings is 1. The predicted molar refractivity (Wildman–Crippen MR) is 75.7 cm³/mol. The third-order valence-electron chi connectivity index (χ3n) is 2.50. The van der Waals surface area contributed by atoms with Crippen LogP contribution in [-0.2, 0) is 0 Å². The molecule has 2 aromatic rings. The van der Waals surface area contributed by atoms with Crippen LogP contribution in [0.3, 0.4) is 0 Å². The maximum Gasteiger partial charge on any atom is 0.276 e. The zero-order valence-corrected chi connectivity index (χ0v) is 11.3. The number of amides is 1. The van der Waals surface area contributed by atoms with Crippen molar-refractivity contribution in [2.24, 2.45) is 0 Å². The second kappa shape index (κ2) is 5.99. The molecule has 6 nitrogen and oxygen atoms in total. The molecule has 0 aliphatic heterocycles. The number of carbonyl (C=O) groups excluding carboxylic acids is 1. The van der Waals surface area contributed by atoms with Crippen molar-refractivity contribution < 1.29 is 4.79 Å². The van der Waals surface area contributed by atoms with Gasteiger partial charge in [0.1, 0.15) is 5.82 Å². The Balaban J connectivity index is 2.17. The van der Waals surface area contributed by atoms with E-state index in [0.717, 1.165) is 0 Å². The van der Waals surface area contributed by atoms with E-state index in [2.05, 4.69) is 20.8 Å². The molecule has 2 N–H and O–H groups in total. The van der Waals surface area contributed by atoms with Crippen LogP contribution in [0.5, 0.6) is 0 Å². The second-order valence-corrected chi connectivity index (χ2v) is 4.22. The summed E-state index contributed by atoms with van der Waals surface area (Å²) in [6, 6.07) is 9.76. The zero-order valence-electron chi connectivity index (χ0n) is 10.5. The molecule has 0 aliphatic carbocycles. The number of hydrogen-bond donors (Lipinski definition) is 2. The van der Waals surface area contributed by atoms with Gasteiger partial charge in [-0.1, -0.05) is 11.6 Å². The van der Waals surface area contributed by atoms with E-state index in [-0.39, 0.29) is 10.7 Å². The normalized spacial score (nSPS) is 9.65. The standard InChI is InChI=1S/C13H10ClN5O/c1-16-12-5-4-11(18-19-12)13(20)17-10-3-2-8(7-15)6-9(10)14/h2-6H,1H3,(H,16,19)(H,17,20). The highest BCUT2D eigenvalue weighted by Crippen LogP contribution is 2.23. The quantitative estimate of drug-likeness (QED) is 0.904. The van der Waals surface area contributed by atoms with Crippen LogP contribution >= 0.6 is 11.6 Å². The maximum absolute atomic E-state index is 12.0. The molecule has 1 amide bonds. The monoisotopic (exact) mass is 287 g/mol. The Bertz CT molecular complexity index is 678. The van der Waals surface area contributed by atoms with Gasteiger partial charge in [-0.15, -0.1) is 10.2 Å². The van der Waals surface area contributed by atoms with Crippen LogP contribution in [0.4, 0.5) is 11.5 Å². The molecule has 0 aliphatic rings. The maximum atomic E-state index is 12.0. The molecule has 1 heterocycles. The van der Waals surface area contributed by atoms with Crippen molar-refractivity contribution >= 4 is 29.0 Å². The summed E-state index contributed by atoms with van der Waals surface area (Å²) in [6.07, 6.45) is 0. The van der Waals surface area contributed by atoms with Crippen LogP contribution in [0.25, 0.3) is 0 Å². The van der Waals surface area contributed by atoms with Crippen molar-refractivity contribution in [3.63, 3.8) is 0 Å². The van der Waals surface area contributed by atoms with E-state index in [0.29, 0.717) is 17.1 Å². The Labute approximate surface area is 120 Å². The summed E-state index contributed by atoms with van der Waals surface area (Å²) in [5.41, 5.74) is 1.01. The second-order valence-electron chi connectivity index (χ2n) is 3.81. The van der Waals surface area contributed by atoms with Crippen molar-refractivity contribution in [2.45, 2.75) is 0 Å². The fraction of sp³-hybridized carbons (Fsp3) is 0.0769. The van der Waals surface area contributed by atoms with Gasteiger partial charge in [0.2, 0.25) is 0 Å². The van der Waals surface area contributed by atoms with E-state index < -0.39 is 5.91 Å². The smallest absolute Gasteiger partial charge is 0.276 e. The van der Waals surface area contributed by atoms with Gasteiger partial charge in [0.25, 0.3) is 5.91 Å². The third kappa shape index (κ3) is 3.02. The van der Waals surface area contributed by atoms with Crippen LogP contribution in [0.2, 0.25) is 5.02 Å². The summed E-state index contributed by atoms with van der Waals surface area (Å²) in [4.78, 5) is 12.0. The van der Waals surface area contributed by atoms with E-state index >= 15 is 0 Å². The molecule has 0 saturated carbocycles. The lowest BCUT2D eigenvalue weighted by Gasteiger charge is -2.07. The largest absolute Gasteiger partial charge is 0.372 e. The minimum absolute atomic E-state index is 0.171. The molecule has 0 fully saturated rings. The van der Waals surface area contributed by atoms with Crippen LogP contribution in [-0.4, -0.2) is 23.2 Å². The fourth-order valence-corrected chi connectivity index (χ4v) is 1.69. The van der Waals surface area contributed by atoms with Gasteiger partial charge in [-0.2, -0.15) is 5.26 Å². The molecule has 0 saturated heterocycles. The predicted octanol–water partition coefficient (Wildman–Crippen LogP) is 2.30. The third-order valence-corrected chi connectivity index (χ3v) is 2.81. The lowest BCUT2D eigenvalue weighted by molar-refractivity contribution is 0.102. The van der Waals surface area contributed by atoms with E-state index in [4.69, 9.17) is 16.9 Å². The van der Waals surface area contributed by atoms with Crippen molar-refractivity contribution in [1.82, 2.24) is 10.2 Å². The lowest BCUT2D eigenvalue weighted by Crippen LogP contribution is -2.15. The van der Waals surface area contributed by atoms with Gasteiger partial charge >= 0.3 is 0 Å². The summed E-state index contributed by atoms with van der Waals surface area (Å²) in [5, 5.41) is 22.1. The van der Waals surface area contributed by atoms with Gasteiger partial charge in [-0.25, -0.2) is 0 Å². The lowest BCUT2D eigenvalue weighted by atomic mass is 10.2. The van der Waals surface area contributed by atoms with Crippen molar-refractivity contribution in [3.8, 4) is 6.07 Å². The first-order chi connectivity index (χ1) is 9.63. The number of halogens is 1. The number of aromatic nitrogens is 2. The molecule has 1 aromatic heterocycles. The van der Waals surface area contributed by atoms with Gasteiger partial charge in [-0.3, -0.25) is 4.79 Å². The number of rotatable bonds is 3. The molecule has 100 valence electrons. The van der Waals surface area contributed by atoms with Crippen LogP contribution in [0, 0.1) is 11.3 Å². The first-order valence-electron chi connectivity index (χ1n) is 5.66. The van der Waals surface area contributed by atoms with Crippen LogP contribution in [0.1, 0.15) is 16.1 Å². The number of anilines is 2. The highest BCUT2D eigenvalue weighted by atomic mass is 35.5. The van der Waals surface area contributed by atoms with E-state index in [1.54, 1.807) is 31.3 Å². The number of nitrogens with zero attached hydrogens (tertiary/aromatic N) is 3. The van der Waals surface area contributed by atoms with Gasteiger partial charge in [0.15, 0.2) is 5.69 Å². The van der Waals surface area contributed by atoms with E-state index in [9.17, 15) is 4.79 Å². The molecule has 0 bridgehead atoms. The van der Waals surface area contributed by atoms with Crippen molar-refractivity contribution in [3.05, 3.63) is 46.6 Å². The van der Waals surface area contributed by atoms with Crippen molar-refractivity contribution in [2.75, 3.05) is 17.7 Å². The van der Waals surface area contributed by atoms with Gasteiger partial charge < -0.3 is 10.6 Å². The number of hydrogen-bond acceptors (Lipinski definition) is 5. The van der Waals surface area contributed by atoms with Crippen molar-refractivity contribution in [1.29, 1.82) is 5.26 Å². The summed E-state index contributed by atoms with van der Waals surface area (Å²) < 4.78 is 0. The van der Waals surface area contributed by atoms with Gasteiger partial charge in [0.05, 0.1) is 22.3 Å². The van der Waals surface area contributed by atoms with E-state index in [1.807, 2.05) is 6.07 Å². The molecule has 7 heteroatoms. The summed E-state index contributed by atoms with van der Waals surface area (Å²) in [7, 11) is 1.71. The number of nitriles is 1. The Morgan fingerprint density at radius 1 is 1.30 bits per heavy atom. The highest BCUT2D eigenvalue weighted by Gasteiger charge is 2.11. The average Bonchev–Trinajstić information content (AvgIpc) is 2.49. The molecule has 0 atom stereocenters. The highest BCUT2D eigenvalue weighted by molar-refractivity contribution is 6.34. The summed E-state index contributed by atoms with van der Waals surface area (Å²) in [6.45, 7) is 0. The Morgan fingerprint density at radius 3 is 2.65 bits per heavy atom. The van der Waals surface area contributed by atoms with Crippen LogP contribution in [0.15, 0.2) is 30.3 Å². The average molecular weight is 288 g/mol. The molecule has 20 heavy (non-hydrogen) atoms. The number of carbonyl (C=O) groups is 1. The fourth-order valence-electron chi connectivity index (χ4n) is 1.46. The van der Waals surface area contributed by atoms with Crippen LogP contribution < -0.4 is 10.6 Å².